The first-order valence-electron chi connectivity index (χ1n) is 7.15. The monoisotopic (exact) mass is 297 g/mol. The van der Waals surface area contributed by atoms with Gasteiger partial charge >= 0.3 is 23.1 Å². The molecule has 0 aromatic rings. The van der Waals surface area contributed by atoms with Gasteiger partial charge in [0.15, 0.2) is 0 Å². The molecule has 18 heavy (non-hydrogen) atoms. The van der Waals surface area contributed by atoms with Crippen LogP contribution in [0.1, 0.15) is 45.4 Å². The van der Waals surface area contributed by atoms with Crippen molar-refractivity contribution >= 4 is 39.5 Å². The Morgan fingerprint density at radius 2 is 1.17 bits per heavy atom. The molecule has 0 rings (SSSR count). The third kappa shape index (κ3) is 30.3. The van der Waals surface area contributed by atoms with E-state index < -0.39 is 16.5 Å². The Morgan fingerprint density at radius 1 is 0.778 bits per heavy atom. The summed E-state index contributed by atoms with van der Waals surface area (Å²) in [7, 11) is -2.21. The van der Waals surface area contributed by atoms with Crippen molar-refractivity contribution in [1.82, 2.24) is 0 Å². The summed E-state index contributed by atoms with van der Waals surface area (Å²) in [6.45, 7) is 19.8. The molecule has 0 spiro atoms. The van der Waals surface area contributed by atoms with E-state index >= 15 is 0 Å². The van der Waals surface area contributed by atoms with Crippen LogP contribution in [0.25, 0.3) is 4.65 Å². The van der Waals surface area contributed by atoms with Gasteiger partial charge in [-0.05, 0) is 0 Å². The van der Waals surface area contributed by atoms with Crippen molar-refractivity contribution in [3.63, 3.8) is 0 Å². The summed E-state index contributed by atoms with van der Waals surface area (Å²) in [5, 5.41) is 0. The Bertz CT molecular complexity index is 144. The molecule has 0 unspecified atom stereocenters. The van der Waals surface area contributed by atoms with Gasteiger partial charge in [-0.2, -0.15) is 6.42 Å². The molecule has 0 saturated heterocycles. The Balaban J connectivity index is -0.000000238. The largest absolute Gasteiger partial charge is 2.00 e. The molecular weight excluding hydrogens is 263 g/mol. The van der Waals surface area contributed by atoms with Crippen LogP contribution in [0.3, 0.4) is 0 Å². The van der Waals surface area contributed by atoms with Crippen LogP contribution in [-0.4, -0.2) is 39.5 Å². The fraction of sp³-hybridized carbons (Fsp3) is 0.929. The first kappa shape index (κ1) is 24.2. The Morgan fingerprint density at radius 3 is 1.39 bits per heavy atom. The molecule has 4 heteroatoms. The molecule has 0 aliphatic heterocycles. The quantitative estimate of drug-likeness (QED) is 0.319. The van der Waals surface area contributed by atoms with Crippen LogP contribution in [-0.2, 0) is 0 Å². The van der Waals surface area contributed by atoms with Gasteiger partial charge in [-0.3, -0.25) is 0 Å². The first-order chi connectivity index (χ1) is 7.62. The van der Waals surface area contributed by atoms with Gasteiger partial charge in [0, 0.05) is 0 Å². The third-order valence-electron chi connectivity index (χ3n) is 2.02. The summed E-state index contributed by atoms with van der Waals surface area (Å²) >= 11 is 0. The smallest absolute Gasteiger partial charge is 0.668 e. The molecule has 0 saturated carbocycles. The number of unbranched alkanes of at least 4 members (excludes halogenated alkanes) is 5. The zero-order chi connectivity index (χ0) is 13.9. The fourth-order valence-electron chi connectivity index (χ4n) is 1.79. The van der Waals surface area contributed by atoms with E-state index in [0.717, 1.165) is 6.42 Å². The van der Waals surface area contributed by atoms with Crippen molar-refractivity contribution in [2.75, 3.05) is 0 Å². The molecule has 0 atom stereocenters. The topological polar surface area (TPSA) is 14.1 Å². The van der Waals surface area contributed by atoms with Crippen LogP contribution in [0.15, 0.2) is 0 Å². The van der Waals surface area contributed by atoms with Crippen LogP contribution in [0.2, 0.25) is 39.3 Å². The summed E-state index contributed by atoms with van der Waals surface area (Å²) in [5.74, 6) is 0. The zero-order valence-corrected chi connectivity index (χ0v) is 17.5. The molecule has 0 heterocycles. The van der Waals surface area contributed by atoms with Gasteiger partial charge in [0.25, 0.3) is 0 Å². The minimum atomic E-state index is -1.11. The van der Waals surface area contributed by atoms with Gasteiger partial charge in [-0.25, -0.2) is 0 Å². The van der Waals surface area contributed by atoms with Crippen molar-refractivity contribution < 1.29 is 0 Å². The number of hydrogen-bond acceptors (Lipinski definition) is 0. The van der Waals surface area contributed by atoms with E-state index in [4.69, 9.17) is 4.65 Å². The van der Waals surface area contributed by atoms with Crippen molar-refractivity contribution in [2.24, 2.45) is 0 Å². The summed E-state index contributed by atoms with van der Waals surface area (Å²) in [6, 6.07) is 0. The van der Waals surface area contributed by atoms with Crippen LogP contribution >= 0.6 is 0 Å². The van der Waals surface area contributed by atoms with E-state index in [1.165, 1.54) is 32.1 Å². The standard InChI is InChI=1S/C8H17.C6H18NSi2.Mg/c1-3-5-7-8-6-4-2;1-8(2,3)7-9(4,5)6;/h1,3-8H2,2H3;1-6H3;/q2*-1;+2. The van der Waals surface area contributed by atoms with Gasteiger partial charge in [0.05, 0.1) is 0 Å². The molecule has 1 nitrogen and oxygen atoms in total. The van der Waals surface area contributed by atoms with Crippen molar-refractivity contribution in [1.29, 1.82) is 0 Å². The average Bonchev–Trinajstić information content (AvgIpc) is 2.07. The van der Waals surface area contributed by atoms with Gasteiger partial charge in [0.2, 0.25) is 0 Å². The van der Waals surface area contributed by atoms with Crippen LogP contribution < -0.4 is 0 Å². The third-order valence-corrected chi connectivity index (χ3v) is 7.39. The summed E-state index contributed by atoms with van der Waals surface area (Å²) in [4.78, 5) is 0. The predicted molar refractivity (Wildman–Crippen MR) is 94.5 cm³/mol. The molecule has 0 aromatic carbocycles. The molecule has 106 valence electrons. The van der Waals surface area contributed by atoms with Crippen molar-refractivity contribution in [3.05, 3.63) is 11.6 Å². The van der Waals surface area contributed by atoms with Crippen LogP contribution in [0.4, 0.5) is 0 Å². The van der Waals surface area contributed by atoms with E-state index in [0.29, 0.717) is 0 Å². The second-order valence-corrected chi connectivity index (χ2v) is 16.3. The van der Waals surface area contributed by atoms with E-state index in [9.17, 15) is 0 Å². The van der Waals surface area contributed by atoms with Crippen LogP contribution in [0.5, 0.6) is 0 Å². The molecule has 0 amide bonds. The maximum atomic E-state index is 4.82. The van der Waals surface area contributed by atoms with Crippen molar-refractivity contribution in [3.8, 4) is 0 Å². The molecule has 0 fully saturated rings. The Hall–Kier alpha value is 1.16. The number of rotatable bonds is 7. The van der Waals surface area contributed by atoms with E-state index in [1.807, 2.05) is 0 Å². The minimum Gasteiger partial charge on any atom is -0.668 e. The molecule has 0 radical (unpaired) electrons. The molecule has 0 aliphatic carbocycles. The van der Waals surface area contributed by atoms with E-state index in [2.05, 4.69) is 53.1 Å². The second kappa shape index (κ2) is 13.2. The summed E-state index contributed by atoms with van der Waals surface area (Å²) < 4.78 is 4.82. The summed E-state index contributed by atoms with van der Waals surface area (Å²) in [5.41, 5.74) is 0. The molecule has 0 aliphatic rings. The number of nitrogens with zero attached hydrogens (tertiary/aromatic N) is 1. The zero-order valence-electron chi connectivity index (χ0n) is 14.1. The Labute approximate surface area is 135 Å². The molecular formula is C14H35MgNSi2. The van der Waals surface area contributed by atoms with E-state index in [-0.39, 0.29) is 23.1 Å². The van der Waals surface area contributed by atoms with Gasteiger partial charge < -0.3 is 11.6 Å². The maximum absolute atomic E-state index is 4.82. The maximum Gasteiger partial charge on any atom is 2.00 e. The van der Waals surface area contributed by atoms with Crippen molar-refractivity contribution in [2.45, 2.75) is 84.7 Å². The predicted octanol–water partition coefficient (Wildman–Crippen LogP) is 5.83. The summed E-state index contributed by atoms with van der Waals surface area (Å²) in [6.07, 6.45) is 7.98. The normalized spacial score (nSPS) is 11.3. The Kier molecular flexibility index (Phi) is 17.7. The average molecular weight is 298 g/mol. The molecule has 0 N–H and O–H groups in total. The fourth-order valence-corrected chi connectivity index (χ4v) is 9.84. The molecule has 0 bridgehead atoms. The first-order valence-corrected chi connectivity index (χ1v) is 14.0. The minimum absolute atomic E-state index is 0. The van der Waals surface area contributed by atoms with Crippen LogP contribution in [0, 0.1) is 6.92 Å². The second-order valence-electron chi connectivity index (χ2n) is 6.72. The molecule has 0 aromatic heterocycles. The number of hydrogen-bond donors (Lipinski definition) is 0. The van der Waals surface area contributed by atoms with Gasteiger partial charge in [-0.1, -0.05) is 94.8 Å². The van der Waals surface area contributed by atoms with E-state index in [1.54, 1.807) is 0 Å². The SMILES string of the molecule is C[Si](C)(C)[N-][Si](C)(C)C.[CH2-]CCCCCCC.[Mg+2]. The van der Waals surface area contributed by atoms with Gasteiger partial charge in [-0.15, -0.1) is 0 Å². The van der Waals surface area contributed by atoms with Gasteiger partial charge in [0.1, 0.15) is 0 Å².